The monoisotopic (exact) mass is 561 g/mol. The van der Waals surface area contributed by atoms with E-state index >= 15 is 0 Å². The first kappa shape index (κ1) is 25.5. The van der Waals surface area contributed by atoms with E-state index in [1.165, 1.54) is 29.2 Å². The summed E-state index contributed by atoms with van der Waals surface area (Å²) >= 11 is 20.7. The normalized spacial score (nSPS) is 11.7. The van der Waals surface area contributed by atoms with Crippen molar-refractivity contribution in [3.8, 4) is 11.3 Å². The Labute approximate surface area is 225 Å². The van der Waals surface area contributed by atoms with Gasteiger partial charge in [-0.3, -0.25) is 9.59 Å². The minimum absolute atomic E-state index is 0.172. The van der Waals surface area contributed by atoms with Gasteiger partial charge in [0.25, 0.3) is 5.91 Å². The van der Waals surface area contributed by atoms with Crippen molar-refractivity contribution in [2.45, 2.75) is 17.1 Å². The van der Waals surface area contributed by atoms with Crippen LogP contribution >= 0.6 is 57.9 Å². The number of rotatable bonds is 7. The predicted molar refractivity (Wildman–Crippen MR) is 147 cm³/mol. The van der Waals surface area contributed by atoms with Gasteiger partial charge >= 0.3 is 0 Å². The number of carbonyl (C=O) groups excluding carboxylic acids is 2. The summed E-state index contributed by atoms with van der Waals surface area (Å²) in [5, 5.41) is 9.09. The van der Waals surface area contributed by atoms with Crippen LogP contribution in [0.15, 0.2) is 77.0 Å². The molecule has 0 bridgehead atoms. The standard InChI is InChI=1S/C25H18Cl3N3O2S2/c1-14(23(32)31-25-30-22(13-34-25)15-5-7-16(26)8-6-15)35-19-4-2-3-18(12-19)29-24(33)20-10-9-17(27)11-21(20)28/h2-14H,1H3,(H,29,33)(H,30,31,32). The second-order valence-corrected chi connectivity index (χ2v) is 11.0. The van der Waals surface area contributed by atoms with Gasteiger partial charge in [-0.05, 0) is 55.5 Å². The summed E-state index contributed by atoms with van der Waals surface area (Å²) in [5.74, 6) is -0.519. The maximum Gasteiger partial charge on any atom is 0.257 e. The van der Waals surface area contributed by atoms with Crippen LogP contribution in [0.25, 0.3) is 11.3 Å². The van der Waals surface area contributed by atoms with Crippen molar-refractivity contribution in [2.24, 2.45) is 0 Å². The molecule has 0 saturated heterocycles. The highest BCUT2D eigenvalue weighted by Gasteiger charge is 2.17. The molecule has 2 amide bonds. The van der Waals surface area contributed by atoms with Crippen molar-refractivity contribution in [2.75, 3.05) is 10.6 Å². The average Bonchev–Trinajstić information content (AvgIpc) is 3.28. The number of nitrogens with one attached hydrogen (secondary N) is 2. The minimum atomic E-state index is -0.394. The summed E-state index contributed by atoms with van der Waals surface area (Å²) in [6.45, 7) is 1.81. The summed E-state index contributed by atoms with van der Waals surface area (Å²) in [4.78, 5) is 30.7. The molecule has 1 atom stereocenters. The third kappa shape index (κ3) is 6.78. The van der Waals surface area contributed by atoms with Gasteiger partial charge in [-0.15, -0.1) is 23.1 Å². The van der Waals surface area contributed by atoms with Crippen LogP contribution in [0.4, 0.5) is 10.8 Å². The number of hydrogen-bond donors (Lipinski definition) is 2. The van der Waals surface area contributed by atoms with Crippen LogP contribution < -0.4 is 10.6 Å². The summed E-state index contributed by atoms with van der Waals surface area (Å²) in [6, 6.07) is 19.3. The smallest absolute Gasteiger partial charge is 0.257 e. The minimum Gasteiger partial charge on any atom is -0.322 e. The first-order valence-electron chi connectivity index (χ1n) is 10.3. The summed E-state index contributed by atoms with van der Waals surface area (Å²) in [5.41, 5.74) is 2.60. The second kappa shape index (κ2) is 11.5. The fourth-order valence-corrected chi connectivity index (χ4v) is 5.34. The maximum absolute atomic E-state index is 12.7. The van der Waals surface area contributed by atoms with Gasteiger partial charge < -0.3 is 10.6 Å². The molecular weight excluding hydrogens is 545 g/mol. The van der Waals surface area contributed by atoms with Crippen LogP contribution in [0.1, 0.15) is 17.3 Å². The molecule has 0 fully saturated rings. The molecule has 178 valence electrons. The van der Waals surface area contributed by atoms with Gasteiger partial charge in [0, 0.05) is 31.6 Å². The SMILES string of the molecule is CC(Sc1cccc(NC(=O)c2ccc(Cl)cc2Cl)c1)C(=O)Nc1nc(-c2ccc(Cl)cc2)cs1. The topological polar surface area (TPSA) is 71.1 Å². The first-order chi connectivity index (χ1) is 16.8. The molecule has 3 aromatic carbocycles. The van der Waals surface area contributed by atoms with E-state index in [1.54, 1.807) is 36.4 Å². The molecule has 35 heavy (non-hydrogen) atoms. The number of thioether (sulfide) groups is 1. The molecule has 5 nitrogen and oxygen atoms in total. The molecule has 1 aromatic heterocycles. The van der Waals surface area contributed by atoms with Gasteiger partial charge in [-0.2, -0.15) is 0 Å². The zero-order valence-corrected chi connectivity index (χ0v) is 22.1. The second-order valence-electron chi connectivity index (χ2n) is 7.40. The highest BCUT2D eigenvalue weighted by atomic mass is 35.5. The van der Waals surface area contributed by atoms with Crippen molar-refractivity contribution >= 4 is 80.5 Å². The van der Waals surface area contributed by atoms with Gasteiger partial charge in [-0.25, -0.2) is 4.98 Å². The molecule has 0 aliphatic rings. The van der Waals surface area contributed by atoms with Crippen LogP contribution in [0.3, 0.4) is 0 Å². The van der Waals surface area contributed by atoms with Crippen molar-refractivity contribution in [1.82, 2.24) is 4.98 Å². The Morgan fingerprint density at radius 1 is 0.943 bits per heavy atom. The third-order valence-corrected chi connectivity index (χ3v) is 7.48. The van der Waals surface area contributed by atoms with E-state index < -0.39 is 5.25 Å². The lowest BCUT2D eigenvalue weighted by Crippen LogP contribution is -2.22. The Balaban J connectivity index is 1.37. The van der Waals surface area contributed by atoms with Gasteiger partial charge in [0.15, 0.2) is 5.13 Å². The number of hydrogen-bond acceptors (Lipinski definition) is 5. The molecular formula is C25H18Cl3N3O2S2. The fraction of sp³-hybridized carbons (Fsp3) is 0.0800. The van der Waals surface area contributed by atoms with E-state index in [-0.39, 0.29) is 16.8 Å². The Morgan fingerprint density at radius 3 is 2.43 bits per heavy atom. The maximum atomic E-state index is 12.7. The molecule has 2 N–H and O–H groups in total. The van der Waals surface area contributed by atoms with Crippen molar-refractivity contribution in [1.29, 1.82) is 0 Å². The van der Waals surface area contributed by atoms with Crippen LogP contribution in [0.5, 0.6) is 0 Å². The summed E-state index contributed by atoms with van der Waals surface area (Å²) in [6.07, 6.45) is 0. The van der Waals surface area contributed by atoms with E-state index in [2.05, 4.69) is 15.6 Å². The number of aromatic nitrogens is 1. The molecule has 10 heteroatoms. The number of anilines is 2. The lowest BCUT2D eigenvalue weighted by Gasteiger charge is -2.12. The quantitative estimate of drug-likeness (QED) is 0.223. The molecule has 0 aliphatic carbocycles. The Kier molecular flexibility index (Phi) is 8.36. The Morgan fingerprint density at radius 2 is 1.69 bits per heavy atom. The zero-order valence-electron chi connectivity index (χ0n) is 18.2. The Hall–Kier alpha value is -2.55. The molecule has 0 saturated carbocycles. The Bertz CT molecular complexity index is 1380. The van der Waals surface area contributed by atoms with E-state index in [9.17, 15) is 9.59 Å². The molecule has 1 unspecified atom stereocenters. The van der Waals surface area contributed by atoms with Crippen LogP contribution in [0, 0.1) is 0 Å². The number of nitrogens with zero attached hydrogens (tertiary/aromatic N) is 1. The fourth-order valence-electron chi connectivity index (χ4n) is 3.07. The highest BCUT2D eigenvalue weighted by molar-refractivity contribution is 8.00. The molecule has 0 radical (unpaired) electrons. The number of benzene rings is 3. The third-order valence-electron chi connectivity index (χ3n) is 4.82. The van der Waals surface area contributed by atoms with Crippen LogP contribution in [-0.2, 0) is 4.79 Å². The highest BCUT2D eigenvalue weighted by Crippen LogP contribution is 2.29. The largest absolute Gasteiger partial charge is 0.322 e. The van der Waals surface area contributed by atoms with Crippen LogP contribution in [-0.4, -0.2) is 22.0 Å². The van der Waals surface area contributed by atoms with Crippen molar-refractivity contribution in [3.63, 3.8) is 0 Å². The van der Waals surface area contributed by atoms with E-state index in [1.807, 2.05) is 36.6 Å². The number of amides is 2. The summed E-state index contributed by atoms with van der Waals surface area (Å²) < 4.78 is 0. The van der Waals surface area contributed by atoms with E-state index in [0.717, 1.165) is 16.2 Å². The van der Waals surface area contributed by atoms with Gasteiger partial charge in [-0.1, -0.05) is 53.0 Å². The van der Waals surface area contributed by atoms with Gasteiger partial charge in [0.2, 0.25) is 5.91 Å². The zero-order chi connectivity index (χ0) is 24.9. The van der Waals surface area contributed by atoms with Crippen molar-refractivity contribution < 1.29 is 9.59 Å². The van der Waals surface area contributed by atoms with Gasteiger partial charge in [0.05, 0.1) is 21.5 Å². The predicted octanol–water partition coefficient (Wildman–Crippen LogP) is 8.14. The lowest BCUT2D eigenvalue weighted by molar-refractivity contribution is -0.115. The first-order valence-corrected chi connectivity index (χ1v) is 13.2. The van der Waals surface area contributed by atoms with Crippen molar-refractivity contribution in [3.05, 3.63) is 92.7 Å². The molecule has 0 aliphatic heterocycles. The van der Waals surface area contributed by atoms with E-state index in [4.69, 9.17) is 34.8 Å². The number of carbonyl (C=O) groups is 2. The summed E-state index contributed by atoms with van der Waals surface area (Å²) in [7, 11) is 0. The lowest BCUT2D eigenvalue weighted by atomic mass is 10.2. The molecule has 1 heterocycles. The number of halogens is 3. The van der Waals surface area contributed by atoms with E-state index in [0.29, 0.717) is 26.4 Å². The van der Waals surface area contributed by atoms with Gasteiger partial charge in [0.1, 0.15) is 0 Å². The molecule has 4 aromatic rings. The number of thiazole rings is 1. The average molecular weight is 563 g/mol. The van der Waals surface area contributed by atoms with Crippen LogP contribution in [0.2, 0.25) is 15.1 Å². The molecule has 4 rings (SSSR count). The molecule has 0 spiro atoms.